The second-order valence-corrected chi connectivity index (χ2v) is 6.71. The molecule has 0 fully saturated rings. The van der Waals surface area contributed by atoms with Crippen LogP contribution < -0.4 is 4.72 Å². The Hall–Kier alpha value is -2.99. The van der Waals surface area contributed by atoms with Gasteiger partial charge in [0.1, 0.15) is 0 Å². The molecule has 5 nitrogen and oxygen atoms in total. The van der Waals surface area contributed by atoms with Crippen LogP contribution in [-0.2, 0) is 10.0 Å². The molecule has 0 aliphatic heterocycles. The van der Waals surface area contributed by atoms with E-state index in [1.54, 1.807) is 54.6 Å². The summed E-state index contributed by atoms with van der Waals surface area (Å²) in [5, 5.41) is 0. The van der Waals surface area contributed by atoms with Gasteiger partial charge in [-0.2, -0.15) is 0 Å². The Morgan fingerprint density at radius 3 is 2.17 bits per heavy atom. The lowest BCUT2D eigenvalue weighted by Crippen LogP contribution is -2.15. The number of hydrogen-bond donors (Lipinski definition) is 1. The third-order valence-corrected chi connectivity index (χ3v) is 4.79. The summed E-state index contributed by atoms with van der Waals surface area (Å²) in [4.78, 5) is 16.6. The first-order valence-corrected chi connectivity index (χ1v) is 8.68. The lowest BCUT2D eigenvalue weighted by atomic mass is 10.0. The fraction of sp³-hybridized carbons (Fsp3) is 0. The molecule has 0 saturated heterocycles. The molecule has 24 heavy (non-hydrogen) atoms. The van der Waals surface area contributed by atoms with Crippen molar-refractivity contribution in [2.45, 2.75) is 4.90 Å². The van der Waals surface area contributed by atoms with Crippen molar-refractivity contribution < 1.29 is 13.2 Å². The number of benzene rings is 2. The highest BCUT2D eigenvalue weighted by Crippen LogP contribution is 2.22. The highest BCUT2D eigenvalue weighted by Gasteiger charge is 2.19. The molecule has 2 aromatic carbocycles. The molecule has 0 unspecified atom stereocenters. The fourth-order valence-electron chi connectivity index (χ4n) is 2.23. The van der Waals surface area contributed by atoms with Crippen LogP contribution in [0.2, 0.25) is 0 Å². The average Bonchev–Trinajstić information content (AvgIpc) is 2.63. The maximum atomic E-state index is 12.6. The van der Waals surface area contributed by atoms with E-state index in [-0.39, 0.29) is 21.9 Å². The summed E-state index contributed by atoms with van der Waals surface area (Å²) < 4.78 is 27.5. The third kappa shape index (κ3) is 3.33. The lowest BCUT2D eigenvalue weighted by Gasteiger charge is -2.12. The van der Waals surface area contributed by atoms with E-state index >= 15 is 0 Å². The van der Waals surface area contributed by atoms with Gasteiger partial charge < -0.3 is 0 Å². The minimum absolute atomic E-state index is 0.135. The topological polar surface area (TPSA) is 76.1 Å². The Morgan fingerprint density at radius 2 is 1.46 bits per heavy atom. The number of anilines is 1. The highest BCUT2D eigenvalue weighted by molar-refractivity contribution is 7.92. The number of rotatable bonds is 5. The molecular formula is C18H14N2O3S. The minimum atomic E-state index is -3.77. The lowest BCUT2D eigenvalue weighted by molar-refractivity contribution is 0.103. The molecule has 120 valence electrons. The molecular weight excluding hydrogens is 324 g/mol. The zero-order chi connectivity index (χ0) is 17.0. The van der Waals surface area contributed by atoms with Gasteiger partial charge in [0.25, 0.3) is 10.0 Å². The van der Waals surface area contributed by atoms with Crippen molar-refractivity contribution in [2.75, 3.05) is 4.72 Å². The average molecular weight is 338 g/mol. The van der Waals surface area contributed by atoms with Crippen LogP contribution in [0.25, 0.3) is 0 Å². The van der Waals surface area contributed by atoms with Crippen molar-refractivity contribution in [1.82, 2.24) is 4.98 Å². The molecule has 3 rings (SSSR count). The monoisotopic (exact) mass is 338 g/mol. The van der Waals surface area contributed by atoms with E-state index in [1.165, 1.54) is 24.5 Å². The van der Waals surface area contributed by atoms with Crippen molar-refractivity contribution in [3.05, 3.63) is 90.3 Å². The van der Waals surface area contributed by atoms with E-state index in [2.05, 4.69) is 9.71 Å². The zero-order valence-electron chi connectivity index (χ0n) is 12.6. The van der Waals surface area contributed by atoms with E-state index in [0.717, 1.165) is 0 Å². The summed E-state index contributed by atoms with van der Waals surface area (Å²) in [5.41, 5.74) is 0.961. The third-order valence-electron chi connectivity index (χ3n) is 3.41. The second kappa shape index (κ2) is 6.64. The number of pyridine rings is 1. The Bertz CT molecular complexity index is 956. The molecule has 3 aromatic rings. The highest BCUT2D eigenvalue weighted by atomic mass is 32.2. The molecule has 0 spiro atoms. The van der Waals surface area contributed by atoms with Crippen molar-refractivity contribution in [1.29, 1.82) is 0 Å². The fourth-order valence-corrected chi connectivity index (χ4v) is 3.33. The first-order valence-electron chi connectivity index (χ1n) is 7.19. The van der Waals surface area contributed by atoms with E-state index in [4.69, 9.17) is 0 Å². The number of nitrogens with zero attached hydrogens (tertiary/aromatic N) is 1. The Kier molecular flexibility index (Phi) is 4.39. The summed E-state index contributed by atoms with van der Waals surface area (Å²) in [7, 11) is -3.77. The number of sulfonamides is 1. The predicted molar refractivity (Wildman–Crippen MR) is 91.4 cm³/mol. The van der Waals surface area contributed by atoms with E-state index in [0.29, 0.717) is 5.56 Å². The smallest absolute Gasteiger partial charge is 0.261 e. The van der Waals surface area contributed by atoms with Gasteiger partial charge in [-0.05, 0) is 36.4 Å². The maximum Gasteiger partial charge on any atom is 0.261 e. The summed E-state index contributed by atoms with van der Waals surface area (Å²) >= 11 is 0. The number of carbonyl (C=O) groups excluding carboxylic acids is 1. The van der Waals surface area contributed by atoms with Gasteiger partial charge >= 0.3 is 0 Å². The molecule has 0 radical (unpaired) electrons. The molecule has 0 aliphatic carbocycles. The largest absolute Gasteiger partial charge is 0.289 e. The van der Waals surface area contributed by atoms with Crippen LogP contribution in [0.3, 0.4) is 0 Å². The maximum absolute atomic E-state index is 12.6. The van der Waals surface area contributed by atoms with Crippen molar-refractivity contribution >= 4 is 21.5 Å². The second-order valence-electron chi connectivity index (χ2n) is 5.03. The van der Waals surface area contributed by atoms with Crippen molar-refractivity contribution in [2.24, 2.45) is 0 Å². The van der Waals surface area contributed by atoms with Crippen molar-refractivity contribution in [3.8, 4) is 0 Å². The summed E-state index contributed by atoms with van der Waals surface area (Å²) in [5.74, 6) is -0.274. The molecule has 0 atom stereocenters. The van der Waals surface area contributed by atoms with Crippen LogP contribution in [0, 0.1) is 0 Å². The molecule has 0 bridgehead atoms. The first-order chi connectivity index (χ1) is 11.6. The molecule has 1 heterocycles. The Labute approximate surface area is 140 Å². The van der Waals surface area contributed by atoms with Gasteiger partial charge in [0.2, 0.25) is 0 Å². The molecule has 0 saturated carbocycles. The zero-order valence-corrected chi connectivity index (χ0v) is 13.4. The van der Waals surface area contributed by atoms with Gasteiger partial charge in [-0.1, -0.05) is 30.3 Å². The molecule has 1 aromatic heterocycles. The van der Waals surface area contributed by atoms with E-state index in [1.807, 2.05) is 0 Å². The molecule has 0 amide bonds. The van der Waals surface area contributed by atoms with Crippen LogP contribution in [0.4, 0.5) is 5.69 Å². The summed E-state index contributed by atoms with van der Waals surface area (Å²) in [6.07, 6.45) is 3.04. The SMILES string of the molecule is O=C(c1ccncc1)c1ccccc1NS(=O)(=O)c1ccccc1. The molecule has 1 N–H and O–H groups in total. The number of hydrogen-bond acceptors (Lipinski definition) is 4. The number of carbonyl (C=O) groups is 1. The summed E-state index contributed by atoms with van der Waals surface area (Å²) in [6.45, 7) is 0. The van der Waals surface area contributed by atoms with Gasteiger partial charge in [-0.25, -0.2) is 8.42 Å². The predicted octanol–water partition coefficient (Wildman–Crippen LogP) is 3.11. The quantitative estimate of drug-likeness (QED) is 0.725. The first kappa shape index (κ1) is 15.9. The minimum Gasteiger partial charge on any atom is -0.289 e. The standard InChI is InChI=1S/C18H14N2O3S/c21-18(14-10-12-19-13-11-14)16-8-4-5-9-17(16)20-24(22,23)15-6-2-1-3-7-15/h1-13,20H. The number of aromatic nitrogens is 1. The van der Waals surface area contributed by atoms with Crippen LogP contribution >= 0.6 is 0 Å². The van der Waals surface area contributed by atoms with Crippen LogP contribution in [0.1, 0.15) is 15.9 Å². The normalized spacial score (nSPS) is 11.0. The van der Waals surface area contributed by atoms with Crippen LogP contribution in [0.15, 0.2) is 84.0 Å². The van der Waals surface area contributed by atoms with Gasteiger partial charge in [-0.15, -0.1) is 0 Å². The molecule has 6 heteroatoms. The number of nitrogens with one attached hydrogen (secondary N) is 1. The Morgan fingerprint density at radius 1 is 0.833 bits per heavy atom. The van der Waals surface area contributed by atoms with Gasteiger partial charge in [0.15, 0.2) is 5.78 Å². The number of para-hydroxylation sites is 1. The van der Waals surface area contributed by atoms with Gasteiger partial charge in [0, 0.05) is 23.5 Å². The molecule has 0 aliphatic rings. The van der Waals surface area contributed by atoms with Crippen LogP contribution in [0.5, 0.6) is 0 Å². The van der Waals surface area contributed by atoms with Crippen LogP contribution in [-0.4, -0.2) is 19.2 Å². The summed E-state index contributed by atoms with van der Waals surface area (Å²) in [6, 6.07) is 17.7. The number of ketones is 1. The van der Waals surface area contributed by atoms with E-state index in [9.17, 15) is 13.2 Å². The van der Waals surface area contributed by atoms with Gasteiger partial charge in [0.05, 0.1) is 10.6 Å². The van der Waals surface area contributed by atoms with Crippen molar-refractivity contribution in [3.63, 3.8) is 0 Å². The van der Waals surface area contributed by atoms with Gasteiger partial charge in [-0.3, -0.25) is 14.5 Å². The Balaban J connectivity index is 1.97. The van der Waals surface area contributed by atoms with E-state index < -0.39 is 10.0 Å².